The Morgan fingerprint density at radius 3 is 2.50 bits per heavy atom. The average molecular weight is 272 g/mol. The smallest absolute Gasteiger partial charge is 0.302 e. The number of hydrogen-bond donors (Lipinski definition) is 0. The highest BCUT2D eigenvalue weighted by molar-refractivity contribution is 5.85. The zero-order valence-corrected chi connectivity index (χ0v) is 12.1. The van der Waals surface area contributed by atoms with Gasteiger partial charge < -0.3 is 4.74 Å². The molecule has 4 heteroatoms. The second-order valence-corrected chi connectivity index (χ2v) is 4.36. The third-order valence-electron chi connectivity index (χ3n) is 2.88. The van der Waals surface area contributed by atoms with Gasteiger partial charge in [-0.1, -0.05) is 30.3 Å². The van der Waals surface area contributed by atoms with E-state index in [1.807, 2.05) is 6.07 Å². The Bertz CT molecular complexity index is 343. The molecule has 0 bridgehead atoms. The lowest BCUT2D eigenvalue weighted by molar-refractivity contribution is -0.141. The van der Waals surface area contributed by atoms with E-state index in [0.717, 1.165) is 13.0 Å². The molecule has 102 valence electrons. The molecule has 18 heavy (non-hydrogen) atoms. The summed E-state index contributed by atoms with van der Waals surface area (Å²) in [5.74, 6) is -0.214. The zero-order chi connectivity index (χ0) is 12.7. The van der Waals surface area contributed by atoms with Gasteiger partial charge >= 0.3 is 5.97 Å². The molecule has 0 aromatic heterocycles. The summed E-state index contributed by atoms with van der Waals surface area (Å²) in [6, 6.07) is 10.8. The summed E-state index contributed by atoms with van der Waals surface area (Å²) in [4.78, 5) is 12.8. The first-order valence-electron chi connectivity index (χ1n) is 5.97. The summed E-state index contributed by atoms with van der Waals surface area (Å²) in [7, 11) is 2.05. The summed E-state index contributed by atoms with van der Waals surface area (Å²) in [5.41, 5.74) is 1.33. The molecule has 0 heterocycles. The number of halogens is 1. The molecule has 0 N–H and O–H groups in total. The van der Waals surface area contributed by atoms with Crippen LogP contribution in [0.25, 0.3) is 0 Å². The van der Waals surface area contributed by atoms with Gasteiger partial charge in [0.15, 0.2) is 0 Å². The fraction of sp³-hybridized carbons (Fsp3) is 0.500. The molecule has 0 radical (unpaired) electrons. The molecule has 3 nitrogen and oxygen atoms in total. The lowest BCUT2D eigenvalue weighted by Gasteiger charge is -2.24. The second kappa shape index (κ2) is 8.95. The molecule has 0 fully saturated rings. The molecular formula is C14H22ClNO2. The first kappa shape index (κ1) is 16.9. The van der Waals surface area contributed by atoms with Crippen molar-refractivity contribution in [1.29, 1.82) is 0 Å². The van der Waals surface area contributed by atoms with Crippen LogP contribution in [0.3, 0.4) is 0 Å². The van der Waals surface area contributed by atoms with Gasteiger partial charge in [-0.15, -0.1) is 12.4 Å². The van der Waals surface area contributed by atoms with E-state index in [2.05, 4.69) is 43.1 Å². The molecule has 1 aromatic rings. The monoisotopic (exact) mass is 271 g/mol. The SMILES string of the molecule is CC(=O)OCCN(C)C(C)Cc1ccccc1.Cl. The standard InChI is InChI=1S/C14H21NO2.ClH/c1-12(11-14-7-5-4-6-8-14)15(3)9-10-17-13(2)16;/h4-8,12H,9-11H2,1-3H3;1H. The van der Waals surface area contributed by atoms with E-state index in [-0.39, 0.29) is 18.4 Å². The van der Waals surface area contributed by atoms with Gasteiger partial charge in [0, 0.05) is 19.5 Å². The van der Waals surface area contributed by atoms with Crippen LogP contribution in [-0.2, 0) is 16.0 Å². The number of benzene rings is 1. The van der Waals surface area contributed by atoms with Crippen LogP contribution in [0.4, 0.5) is 0 Å². The quantitative estimate of drug-likeness (QED) is 0.745. The van der Waals surface area contributed by atoms with Crippen molar-refractivity contribution in [3.8, 4) is 0 Å². The molecule has 0 aliphatic carbocycles. The Labute approximate surface area is 116 Å². The first-order chi connectivity index (χ1) is 8.09. The number of esters is 1. The van der Waals surface area contributed by atoms with Crippen molar-refractivity contribution in [2.24, 2.45) is 0 Å². The average Bonchev–Trinajstić information content (AvgIpc) is 2.29. The molecule has 0 spiro atoms. The third kappa shape index (κ3) is 6.62. The van der Waals surface area contributed by atoms with Crippen LogP contribution in [0, 0.1) is 0 Å². The molecule has 1 aromatic carbocycles. The van der Waals surface area contributed by atoms with Gasteiger partial charge in [-0.05, 0) is 26.0 Å². The lowest BCUT2D eigenvalue weighted by atomic mass is 10.1. The molecule has 0 amide bonds. The Balaban J connectivity index is 0.00000289. The molecule has 1 rings (SSSR count). The summed E-state index contributed by atoms with van der Waals surface area (Å²) < 4.78 is 4.93. The summed E-state index contributed by atoms with van der Waals surface area (Å²) in [6.07, 6.45) is 1.01. The van der Waals surface area contributed by atoms with Crippen LogP contribution in [-0.4, -0.2) is 37.1 Å². The van der Waals surface area contributed by atoms with E-state index >= 15 is 0 Å². The van der Waals surface area contributed by atoms with Crippen LogP contribution < -0.4 is 0 Å². The van der Waals surface area contributed by atoms with Gasteiger partial charge in [0.2, 0.25) is 0 Å². The zero-order valence-electron chi connectivity index (χ0n) is 11.3. The van der Waals surface area contributed by atoms with Crippen LogP contribution in [0.2, 0.25) is 0 Å². The van der Waals surface area contributed by atoms with E-state index in [4.69, 9.17) is 4.74 Å². The fourth-order valence-corrected chi connectivity index (χ4v) is 1.66. The minimum Gasteiger partial charge on any atom is -0.465 e. The summed E-state index contributed by atoms with van der Waals surface area (Å²) in [5, 5.41) is 0. The minimum absolute atomic E-state index is 0. The van der Waals surface area contributed by atoms with Crippen LogP contribution in [0.1, 0.15) is 19.4 Å². The Kier molecular flexibility index (Phi) is 8.42. The highest BCUT2D eigenvalue weighted by Gasteiger charge is 2.09. The number of ether oxygens (including phenoxy) is 1. The van der Waals surface area contributed by atoms with Crippen LogP contribution >= 0.6 is 12.4 Å². The lowest BCUT2D eigenvalue weighted by Crippen LogP contribution is -2.34. The van der Waals surface area contributed by atoms with E-state index in [9.17, 15) is 4.79 Å². The number of likely N-dealkylation sites (N-methyl/N-ethyl adjacent to an activating group) is 1. The van der Waals surface area contributed by atoms with E-state index in [0.29, 0.717) is 12.6 Å². The number of rotatable bonds is 6. The summed E-state index contributed by atoms with van der Waals surface area (Å²) >= 11 is 0. The van der Waals surface area contributed by atoms with E-state index < -0.39 is 0 Å². The number of hydrogen-bond acceptors (Lipinski definition) is 3. The van der Waals surface area contributed by atoms with Gasteiger partial charge in [0.1, 0.15) is 6.61 Å². The first-order valence-corrected chi connectivity index (χ1v) is 5.97. The van der Waals surface area contributed by atoms with Gasteiger partial charge in [-0.25, -0.2) is 0 Å². The van der Waals surface area contributed by atoms with Gasteiger partial charge in [-0.3, -0.25) is 9.69 Å². The molecule has 1 atom stereocenters. The van der Waals surface area contributed by atoms with Crippen molar-refractivity contribution in [3.63, 3.8) is 0 Å². The van der Waals surface area contributed by atoms with Crippen molar-refractivity contribution in [1.82, 2.24) is 4.90 Å². The fourth-order valence-electron chi connectivity index (χ4n) is 1.66. The van der Waals surface area contributed by atoms with Gasteiger partial charge in [-0.2, -0.15) is 0 Å². The topological polar surface area (TPSA) is 29.5 Å². The highest BCUT2D eigenvalue weighted by Crippen LogP contribution is 2.06. The summed E-state index contributed by atoms with van der Waals surface area (Å²) in [6.45, 7) is 4.85. The Hall–Kier alpha value is -1.06. The molecule has 0 aliphatic heterocycles. The maximum Gasteiger partial charge on any atom is 0.302 e. The van der Waals surface area contributed by atoms with Crippen molar-refractivity contribution in [2.75, 3.05) is 20.2 Å². The van der Waals surface area contributed by atoms with Crippen molar-refractivity contribution in [3.05, 3.63) is 35.9 Å². The Morgan fingerprint density at radius 1 is 1.33 bits per heavy atom. The number of nitrogens with zero attached hydrogens (tertiary/aromatic N) is 1. The Morgan fingerprint density at radius 2 is 1.94 bits per heavy atom. The minimum atomic E-state index is -0.214. The van der Waals surface area contributed by atoms with Crippen LogP contribution in [0.5, 0.6) is 0 Å². The molecule has 0 saturated carbocycles. The highest BCUT2D eigenvalue weighted by atomic mass is 35.5. The number of carbonyl (C=O) groups is 1. The predicted molar refractivity (Wildman–Crippen MR) is 76.1 cm³/mol. The third-order valence-corrected chi connectivity index (χ3v) is 2.88. The van der Waals surface area contributed by atoms with Crippen molar-refractivity contribution >= 4 is 18.4 Å². The van der Waals surface area contributed by atoms with E-state index in [1.165, 1.54) is 12.5 Å². The molecule has 0 aliphatic rings. The maximum atomic E-state index is 10.6. The number of carbonyl (C=O) groups excluding carboxylic acids is 1. The predicted octanol–water partition coefficient (Wildman–Crippen LogP) is 2.53. The van der Waals surface area contributed by atoms with E-state index in [1.54, 1.807) is 0 Å². The molecular weight excluding hydrogens is 250 g/mol. The largest absolute Gasteiger partial charge is 0.465 e. The van der Waals surface area contributed by atoms with Gasteiger partial charge in [0.25, 0.3) is 0 Å². The van der Waals surface area contributed by atoms with Crippen molar-refractivity contribution < 1.29 is 9.53 Å². The maximum absolute atomic E-state index is 10.6. The molecule has 1 unspecified atom stereocenters. The normalized spacial score (nSPS) is 11.8. The molecule has 0 saturated heterocycles. The second-order valence-electron chi connectivity index (χ2n) is 4.36. The van der Waals surface area contributed by atoms with Gasteiger partial charge in [0.05, 0.1) is 0 Å². The van der Waals surface area contributed by atoms with Crippen molar-refractivity contribution in [2.45, 2.75) is 26.3 Å². The van der Waals surface area contributed by atoms with Crippen LogP contribution in [0.15, 0.2) is 30.3 Å².